The van der Waals surface area contributed by atoms with Crippen LogP contribution in [0.5, 0.6) is 0 Å². The van der Waals surface area contributed by atoms with E-state index in [-0.39, 0.29) is 5.91 Å². The maximum absolute atomic E-state index is 12.1. The first kappa shape index (κ1) is 15.9. The van der Waals surface area contributed by atoms with Crippen molar-refractivity contribution in [3.05, 3.63) is 18.1 Å². The Morgan fingerprint density at radius 1 is 1.08 bits per heavy atom. The summed E-state index contributed by atoms with van der Waals surface area (Å²) in [5.74, 6) is 2.51. The molecule has 5 nitrogen and oxygen atoms in total. The molecule has 3 aliphatic rings. The number of rotatable bonds is 5. The Kier molecular flexibility index (Phi) is 4.67. The number of hydrogen-bond acceptors (Lipinski definition) is 4. The monoisotopic (exact) mass is 328 g/mol. The van der Waals surface area contributed by atoms with E-state index in [1.807, 2.05) is 0 Å². The molecule has 5 heteroatoms. The summed E-state index contributed by atoms with van der Waals surface area (Å²) in [5.41, 5.74) is 1.22. The molecule has 1 saturated heterocycles. The molecule has 1 aliphatic heterocycles. The van der Waals surface area contributed by atoms with Gasteiger partial charge < -0.3 is 10.2 Å². The number of nitrogens with zero attached hydrogens (tertiary/aromatic N) is 3. The van der Waals surface area contributed by atoms with Gasteiger partial charge in [0.05, 0.1) is 0 Å². The van der Waals surface area contributed by atoms with Gasteiger partial charge in [-0.05, 0) is 50.9 Å². The van der Waals surface area contributed by atoms with Gasteiger partial charge in [0.1, 0.15) is 12.1 Å². The first-order valence-corrected chi connectivity index (χ1v) is 9.64. The second-order valence-corrected chi connectivity index (χ2v) is 7.76. The van der Waals surface area contributed by atoms with Gasteiger partial charge in [-0.3, -0.25) is 4.79 Å². The van der Waals surface area contributed by atoms with Crippen LogP contribution in [-0.2, 0) is 4.79 Å². The average Bonchev–Trinajstić information content (AvgIpc) is 2.50. The molecule has 1 aromatic rings. The molecule has 24 heavy (non-hydrogen) atoms. The lowest BCUT2D eigenvalue weighted by Gasteiger charge is -2.34. The van der Waals surface area contributed by atoms with Crippen molar-refractivity contribution in [3.63, 3.8) is 0 Å². The Labute approximate surface area is 144 Å². The van der Waals surface area contributed by atoms with Crippen molar-refractivity contribution >= 4 is 11.7 Å². The molecular formula is C19H28N4O. The lowest BCUT2D eigenvalue weighted by molar-refractivity contribution is -0.123. The van der Waals surface area contributed by atoms with E-state index >= 15 is 0 Å². The van der Waals surface area contributed by atoms with Crippen LogP contribution < -0.4 is 10.2 Å². The normalized spacial score (nSPS) is 22.8. The Morgan fingerprint density at radius 2 is 1.83 bits per heavy atom. The number of aromatic nitrogens is 2. The predicted molar refractivity (Wildman–Crippen MR) is 94.0 cm³/mol. The fourth-order valence-electron chi connectivity index (χ4n) is 3.93. The number of amides is 1. The van der Waals surface area contributed by atoms with Crippen LogP contribution in [-0.4, -0.2) is 35.0 Å². The number of carbonyl (C=O) groups is 1. The summed E-state index contributed by atoms with van der Waals surface area (Å²) in [6.07, 6.45) is 12.1. The van der Waals surface area contributed by atoms with Crippen molar-refractivity contribution in [1.82, 2.24) is 15.3 Å². The molecule has 2 saturated carbocycles. The van der Waals surface area contributed by atoms with Crippen LogP contribution >= 0.6 is 0 Å². The van der Waals surface area contributed by atoms with Crippen LogP contribution in [0, 0.1) is 5.92 Å². The van der Waals surface area contributed by atoms with E-state index in [9.17, 15) is 4.79 Å². The third-order valence-corrected chi connectivity index (χ3v) is 6.08. The van der Waals surface area contributed by atoms with Crippen LogP contribution in [0.2, 0.25) is 0 Å². The maximum atomic E-state index is 12.1. The summed E-state index contributed by atoms with van der Waals surface area (Å²) < 4.78 is 0. The number of anilines is 1. The van der Waals surface area contributed by atoms with Crippen molar-refractivity contribution in [3.8, 4) is 0 Å². The first-order valence-electron chi connectivity index (χ1n) is 9.64. The van der Waals surface area contributed by atoms with Gasteiger partial charge in [-0.2, -0.15) is 0 Å². The van der Waals surface area contributed by atoms with E-state index in [2.05, 4.69) is 26.3 Å². The quantitative estimate of drug-likeness (QED) is 0.902. The van der Waals surface area contributed by atoms with Gasteiger partial charge in [-0.15, -0.1) is 0 Å². The molecule has 0 aromatic carbocycles. The molecule has 2 aliphatic carbocycles. The molecular weight excluding hydrogens is 300 g/mol. The highest BCUT2D eigenvalue weighted by atomic mass is 16.1. The zero-order valence-corrected chi connectivity index (χ0v) is 14.4. The van der Waals surface area contributed by atoms with Gasteiger partial charge >= 0.3 is 0 Å². The zero-order chi connectivity index (χ0) is 16.4. The molecule has 0 spiro atoms. The lowest BCUT2D eigenvalue weighted by atomic mass is 9.83. The summed E-state index contributed by atoms with van der Waals surface area (Å²) >= 11 is 0. The second kappa shape index (κ2) is 7.08. The van der Waals surface area contributed by atoms with E-state index in [0.717, 1.165) is 31.7 Å². The minimum atomic E-state index is 0.257. The molecule has 130 valence electrons. The summed E-state index contributed by atoms with van der Waals surface area (Å²) in [5, 5.41) is 3.17. The molecule has 1 aromatic heterocycles. The van der Waals surface area contributed by atoms with E-state index < -0.39 is 0 Å². The van der Waals surface area contributed by atoms with Crippen LogP contribution in [0.1, 0.15) is 69.4 Å². The van der Waals surface area contributed by atoms with Gasteiger partial charge in [-0.1, -0.05) is 6.42 Å². The second-order valence-electron chi connectivity index (χ2n) is 7.76. The fourth-order valence-corrected chi connectivity index (χ4v) is 3.93. The van der Waals surface area contributed by atoms with E-state index in [4.69, 9.17) is 0 Å². The minimum absolute atomic E-state index is 0.257. The van der Waals surface area contributed by atoms with Crippen molar-refractivity contribution in [1.29, 1.82) is 0 Å². The number of nitrogens with one attached hydrogen (secondary N) is 1. The van der Waals surface area contributed by atoms with E-state index in [0.29, 0.717) is 24.3 Å². The molecule has 4 rings (SSSR count). The molecule has 0 bridgehead atoms. The van der Waals surface area contributed by atoms with E-state index in [1.165, 1.54) is 44.2 Å². The molecule has 1 N–H and O–H groups in total. The number of piperidine rings is 1. The smallest absolute Gasteiger partial charge is 0.220 e. The topological polar surface area (TPSA) is 58.1 Å². The lowest BCUT2D eigenvalue weighted by Crippen LogP contribution is -2.41. The number of carbonyl (C=O) groups excluding carboxylic acids is 1. The van der Waals surface area contributed by atoms with E-state index in [1.54, 1.807) is 6.33 Å². The van der Waals surface area contributed by atoms with Gasteiger partial charge in [0.15, 0.2) is 0 Å². The van der Waals surface area contributed by atoms with Crippen LogP contribution in [0.4, 0.5) is 5.82 Å². The standard InChI is InChI=1S/C19H28N4O/c24-19(22-16-5-2-6-16)11-14-7-9-23(10-8-14)18-12-17(20-13-21-18)15-3-1-4-15/h12-16H,1-11H2,(H,22,24). The summed E-state index contributed by atoms with van der Waals surface area (Å²) in [6, 6.07) is 2.65. The maximum Gasteiger partial charge on any atom is 0.220 e. The highest BCUT2D eigenvalue weighted by Crippen LogP contribution is 2.36. The summed E-state index contributed by atoms with van der Waals surface area (Å²) in [6.45, 7) is 2.00. The molecule has 1 amide bonds. The van der Waals surface area contributed by atoms with Crippen molar-refractivity contribution in [2.75, 3.05) is 18.0 Å². The highest BCUT2D eigenvalue weighted by Gasteiger charge is 2.26. The molecule has 0 atom stereocenters. The van der Waals surface area contributed by atoms with Crippen LogP contribution in [0.3, 0.4) is 0 Å². The first-order chi connectivity index (χ1) is 11.8. The van der Waals surface area contributed by atoms with Gasteiger partial charge in [-0.25, -0.2) is 9.97 Å². The van der Waals surface area contributed by atoms with Crippen molar-refractivity contribution in [2.24, 2.45) is 5.92 Å². The zero-order valence-electron chi connectivity index (χ0n) is 14.4. The van der Waals surface area contributed by atoms with Crippen molar-refractivity contribution in [2.45, 2.75) is 69.7 Å². The molecule has 0 unspecified atom stereocenters. The highest BCUT2D eigenvalue weighted by molar-refractivity contribution is 5.76. The molecule has 2 heterocycles. The largest absolute Gasteiger partial charge is 0.356 e. The summed E-state index contributed by atoms with van der Waals surface area (Å²) in [4.78, 5) is 23.4. The Bertz CT molecular complexity index is 574. The fraction of sp³-hybridized carbons (Fsp3) is 0.737. The van der Waals surface area contributed by atoms with Gasteiger partial charge in [0.2, 0.25) is 5.91 Å². The third kappa shape index (κ3) is 3.55. The Morgan fingerprint density at radius 3 is 2.46 bits per heavy atom. The average molecular weight is 328 g/mol. The Balaban J connectivity index is 1.27. The van der Waals surface area contributed by atoms with Crippen molar-refractivity contribution < 1.29 is 4.79 Å². The Hall–Kier alpha value is -1.65. The SMILES string of the molecule is O=C(CC1CCN(c2cc(C3CCC3)ncn2)CC1)NC1CCC1. The summed E-state index contributed by atoms with van der Waals surface area (Å²) in [7, 11) is 0. The molecule has 0 radical (unpaired) electrons. The predicted octanol–water partition coefficient (Wildman–Crippen LogP) is 3.02. The van der Waals surface area contributed by atoms with Crippen LogP contribution in [0.25, 0.3) is 0 Å². The van der Waals surface area contributed by atoms with Crippen LogP contribution in [0.15, 0.2) is 12.4 Å². The minimum Gasteiger partial charge on any atom is -0.356 e. The molecule has 3 fully saturated rings. The number of hydrogen-bond donors (Lipinski definition) is 1. The third-order valence-electron chi connectivity index (χ3n) is 6.08. The van der Waals surface area contributed by atoms with Gasteiger partial charge in [0, 0.05) is 43.2 Å². The van der Waals surface area contributed by atoms with Gasteiger partial charge in [0.25, 0.3) is 0 Å².